The van der Waals surface area contributed by atoms with Gasteiger partial charge in [0.15, 0.2) is 0 Å². The molecule has 4 nitrogen and oxygen atoms in total. The van der Waals surface area contributed by atoms with Crippen molar-refractivity contribution in [3.05, 3.63) is 52.0 Å². The Hall–Kier alpha value is -2.01. The highest BCUT2D eigenvalue weighted by molar-refractivity contribution is 9.10. The van der Waals surface area contributed by atoms with Gasteiger partial charge in [-0.3, -0.25) is 4.79 Å². The van der Waals surface area contributed by atoms with Crippen molar-refractivity contribution in [2.24, 2.45) is 0 Å². The number of carbonyl (C=O) groups excluding carboxylic acids is 1. The molecule has 21 heavy (non-hydrogen) atoms. The first-order chi connectivity index (χ1) is 10.0. The second-order valence-corrected chi connectivity index (χ2v) is 5.37. The van der Waals surface area contributed by atoms with Crippen molar-refractivity contribution < 1.29 is 9.53 Å². The molecule has 0 radical (unpaired) electrons. The molecular formula is C16H17BrN2O2. The molecule has 0 unspecified atom stereocenters. The van der Waals surface area contributed by atoms with Gasteiger partial charge in [-0.1, -0.05) is 28.1 Å². The summed E-state index contributed by atoms with van der Waals surface area (Å²) in [6, 6.07) is 10.8. The lowest BCUT2D eigenvalue weighted by Crippen LogP contribution is -2.16. The van der Waals surface area contributed by atoms with Crippen molar-refractivity contribution in [3.8, 4) is 5.75 Å². The highest BCUT2D eigenvalue weighted by Gasteiger charge is 2.17. The van der Waals surface area contributed by atoms with E-state index in [-0.39, 0.29) is 5.91 Å². The summed E-state index contributed by atoms with van der Waals surface area (Å²) in [5, 5.41) is 2.88. The van der Waals surface area contributed by atoms with Crippen LogP contribution in [-0.2, 0) is 0 Å². The minimum absolute atomic E-state index is 0.280. The Morgan fingerprint density at radius 3 is 2.71 bits per heavy atom. The van der Waals surface area contributed by atoms with Crippen LogP contribution in [0.15, 0.2) is 40.9 Å². The summed E-state index contributed by atoms with van der Waals surface area (Å²) < 4.78 is 6.42. The van der Waals surface area contributed by atoms with Crippen molar-refractivity contribution >= 4 is 33.2 Å². The number of hydrogen-bond acceptors (Lipinski definition) is 3. The normalized spacial score (nSPS) is 10.2. The third kappa shape index (κ3) is 3.36. The lowest BCUT2D eigenvalue weighted by atomic mass is 10.1. The van der Waals surface area contributed by atoms with Crippen molar-refractivity contribution in [1.29, 1.82) is 0 Å². The Morgan fingerprint density at radius 1 is 1.29 bits per heavy atom. The van der Waals surface area contributed by atoms with Crippen molar-refractivity contribution in [2.75, 3.05) is 17.7 Å². The number of ether oxygens (including phenoxy) is 1. The van der Waals surface area contributed by atoms with Crippen LogP contribution in [0.5, 0.6) is 5.75 Å². The fourth-order valence-electron chi connectivity index (χ4n) is 1.99. The molecule has 0 heterocycles. The molecule has 1 amide bonds. The Labute approximate surface area is 132 Å². The van der Waals surface area contributed by atoms with Crippen molar-refractivity contribution in [1.82, 2.24) is 0 Å². The van der Waals surface area contributed by atoms with Gasteiger partial charge < -0.3 is 15.8 Å². The minimum atomic E-state index is -0.280. The molecule has 110 valence electrons. The number of nitrogens with one attached hydrogen (secondary N) is 1. The molecule has 5 heteroatoms. The zero-order valence-corrected chi connectivity index (χ0v) is 13.5. The quantitative estimate of drug-likeness (QED) is 0.821. The summed E-state index contributed by atoms with van der Waals surface area (Å²) in [5.74, 6) is 0.209. The Balaban J connectivity index is 2.35. The molecule has 2 aromatic carbocycles. The van der Waals surface area contributed by atoms with Gasteiger partial charge in [-0.2, -0.15) is 0 Å². The highest BCUT2D eigenvalue weighted by Crippen LogP contribution is 2.28. The van der Waals surface area contributed by atoms with Crippen LogP contribution >= 0.6 is 15.9 Å². The van der Waals surface area contributed by atoms with Crippen LogP contribution in [-0.4, -0.2) is 12.5 Å². The fourth-order valence-corrected chi connectivity index (χ4v) is 2.36. The van der Waals surface area contributed by atoms with Gasteiger partial charge in [-0.25, -0.2) is 0 Å². The predicted molar refractivity (Wildman–Crippen MR) is 88.9 cm³/mol. The largest absolute Gasteiger partial charge is 0.493 e. The molecule has 0 aliphatic rings. The third-order valence-electron chi connectivity index (χ3n) is 3.10. The molecule has 0 aliphatic carbocycles. The monoisotopic (exact) mass is 348 g/mol. The molecular weight excluding hydrogens is 332 g/mol. The lowest BCUT2D eigenvalue weighted by Gasteiger charge is -2.14. The van der Waals surface area contributed by atoms with E-state index in [1.807, 2.05) is 32.0 Å². The standard InChI is InChI=1S/C16H17BrN2O2/c1-3-21-14-9-5-7-12(18)15(14)16(20)19-13-8-4-6-11(17)10(13)2/h4-9H,3,18H2,1-2H3,(H,19,20). The summed E-state index contributed by atoms with van der Waals surface area (Å²) in [4.78, 5) is 12.5. The van der Waals surface area contributed by atoms with E-state index in [1.54, 1.807) is 18.2 Å². The molecule has 0 saturated carbocycles. The van der Waals surface area contributed by atoms with Crippen LogP contribution in [0.3, 0.4) is 0 Å². The van der Waals surface area contributed by atoms with Gasteiger partial charge >= 0.3 is 0 Å². The Morgan fingerprint density at radius 2 is 2.00 bits per heavy atom. The maximum absolute atomic E-state index is 12.5. The van der Waals surface area contributed by atoms with Crippen LogP contribution in [0, 0.1) is 6.92 Å². The van der Waals surface area contributed by atoms with E-state index in [9.17, 15) is 4.79 Å². The second kappa shape index (κ2) is 6.63. The lowest BCUT2D eigenvalue weighted by molar-refractivity contribution is 0.102. The summed E-state index contributed by atoms with van der Waals surface area (Å²) in [6.45, 7) is 4.26. The topological polar surface area (TPSA) is 64.3 Å². The van der Waals surface area contributed by atoms with Gasteiger partial charge in [0.2, 0.25) is 0 Å². The smallest absolute Gasteiger partial charge is 0.261 e. The van der Waals surface area contributed by atoms with Gasteiger partial charge in [0.25, 0.3) is 5.91 Å². The molecule has 2 aromatic rings. The molecule has 0 saturated heterocycles. The highest BCUT2D eigenvalue weighted by atomic mass is 79.9. The van der Waals surface area contributed by atoms with E-state index in [2.05, 4.69) is 21.2 Å². The van der Waals surface area contributed by atoms with E-state index in [4.69, 9.17) is 10.5 Å². The molecule has 3 N–H and O–H groups in total. The average Bonchev–Trinajstić information content (AvgIpc) is 2.44. The number of hydrogen-bond donors (Lipinski definition) is 2. The Bertz CT molecular complexity index is 671. The number of anilines is 2. The number of carbonyl (C=O) groups is 1. The van der Waals surface area contributed by atoms with Gasteiger partial charge in [-0.15, -0.1) is 0 Å². The molecule has 0 bridgehead atoms. The molecule has 0 aromatic heterocycles. The summed E-state index contributed by atoms with van der Waals surface area (Å²) >= 11 is 3.45. The maximum Gasteiger partial charge on any atom is 0.261 e. The van der Waals surface area contributed by atoms with E-state index in [0.29, 0.717) is 23.6 Å². The number of nitrogen functional groups attached to an aromatic ring is 1. The number of nitrogens with two attached hydrogens (primary N) is 1. The molecule has 2 rings (SSSR count). The van der Waals surface area contributed by atoms with Crippen molar-refractivity contribution in [3.63, 3.8) is 0 Å². The third-order valence-corrected chi connectivity index (χ3v) is 3.96. The zero-order valence-electron chi connectivity index (χ0n) is 11.9. The number of amides is 1. The van der Waals surface area contributed by atoms with Gasteiger partial charge in [-0.05, 0) is 43.7 Å². The zero-order chi connectivity index (χ0) is 15.4. The van der Waals surface area contributed by atoms with Gasteiger partial charge in [0.1, 0.15) is 11.3 Å². The van der Waals surface area contributed by atoms with E-state index in [1.165, 1.54) is 0 Å². The molecule has 0 fully saturated rings. The molecule has 0 aliphatic heterocycles. The van der Waals surface area contributed by atoms with E-state index < -0.39 is 0 Å². The molecule has 0 atom stereocenters. The summed E-state index contributed by atoms with van der Waals surface area (Å²) in [5.41, 5.74) is 8.37. The number of halogens is 1. The first-order valence-electron chi connectivity index (χ1n) is 6.62. The second-order valence-electron chi connectivity index (χ2n) is 4.52. The first-order valence-corrected chi connectivity index (χ1v) is 7.41. The van der Waals surface area contributed by atoms with Crippen LogP contribution in [0.25, 0.3) is 0 Å². The number of benzene rings is 2. The van der Waals surface area contributed by atoms with Gasteiger partial charge in [0, 0.05) is 15.8 Å². The van der Waals surface area contributed by atoms with Crippen molar-refractivity contribution in [2.45, 2.75) is 13.8 Å². The maximum atomic E-state index is 12.5. The minimum Gasteiger partial charge on any atom is -0.493 e. The van der Waals surface area contributed by atoms with Crippen LogP contribution in [0.1, 0.15) is 22.8 Å². The number of rotatable bonds is 4. The van der Waals surface area contributed by atoms with Gasteiger partial charge in [0.05, 0.1) is 6.61 Å². The van der Waals surface area contributed by atoms with Crippen LogP contribution < -0.4 is 15.8 Å². The average molecular weight is 349 g/mol. The molecule has 0 spiro atoms. The van der Waals surface area contributed by atoms with Crippen LogP contribution in [0.2, 0.25) is 0 Å². The summed E-state index contributed by atoms with van der Waals surface area (Å²) in [6.07, 6.45) is 0. The first kappa shape index (κ1) is 15.4. The summed E-state index contributed by atoms with van der Waals surface area (Å²) in [7, 11) is 0. The predicted octanol–water partition coefficient (Wildman–Crippen LogP) is 3.99. The fraction of sp³-hybridized carbons (Fsp3) is 0.188. The Kier molecular flexibility index (Phi) is 4.85. The SMILES string of the molecule is CCOc1cccc(N)c1C(=O)Nc1cccc(Br)c1C. The van der Waals surface area contributed by atoms with E-state index >= 15 is 0 Å². The van der Waals surface area contributed by atoms with Crippen LogP contribution in [0.4, 0.5) is 11.4 Å². The van der Waals surface area contributed by atoms with E-state index in [0.717, 1.165) is 15.7 Å².